The van der Waals surface area contributed by atoms with Crippen LogP contribution in [0.2, 0.25) is 0 Å². The van der Waals surface area contributed by atoms with Gasteiger partial charge in [-0.2, -0.15) is 0 Å². The van der Waals surface area contributed by atoms with Crippen molar-refractivity contribution in [2.24, 2.45) is 23.5 Å². The Kier molecular flexibility index (Phi) is 3.94. The van der Waals surface area contributed by atoms with Gasteiger partial charge in [0.05, 0.1) is 0 Å². The van der Waals surface area contributed by atoms with Crippen LogP contribution < -0.4 is 5.73 Å². The minimum absolute atomic E-state index is 0.222. The Bertz CT molecular complexity index is 217. The van der Waals surface area contributed by atoms with E-state index in [0.29, 0.717) is 0 Å². The summed E-state index contributed by atoms with van der Waals surface area (Å²) in [6.07, 6.45) is 12.4. The molecule has 0 heterocycles. The summed E-state index contributed by atoms with van der Waals surface area (Å²) in [5.41, 5.74) is 6.91. The molecule has 2 aliphatic carbocycles. The molecule has 0 aromatic rings. The molecule has 2 N–H and O–H groups in total. The Morgan fingerprint density at radius 2 is 1.56 bits per heavy atom. The molecule has 0 bridgehead atoms. The molecule has 2 aliphatic rings. The third-order valence-electron chi connectivity index (χ3n) is 5.50. The second-order valence-electron chi connectivity index (χ2n) is 6.38. The van der Waals surface area contributed by atoms with Crippen molar-refractivity contribution in [3.8, 4) is 0 Å². The molecule has 2 saturated carbocycles. The summed E-state index contributed by atoms with van der Waals surface area (Å²) < 4.78 is 0. The van der Waals surface area contributed by atoms with Gasteiger partial charge in [0.1, 0.15) is 0 Å². The predicted octanol–water partition coefficient (Wildman–Crippen LogP) is 4.11. The van der Waals surface area contributed by atoms with Crippen molar-refractivity contribution < 1.29 is 0 Å². The van der Waals surface area contributed by atoms with Gasteiger partial charge in [0.15, 0.2) is 0 Å². The second-order valence-corrected chi connectivity index (χ2v) is 6.38. The number of nitrogens with two attached hydrogens (primary N) is 1. The first-order valence-corrected chi connectivity index (χ1v) is 7.46. The van der Waals surface area contributed by atoms with Crippen molar-refractivity contribution in [2.75, 3.05) is 0 Å². The van der Waals surface area contributed by atoms with Crippen LogP contribution in [0.1, 0.15) is 71.6 Å². The molecule has 0 saturated heterocycles. The molecule has 0 amide bonds. The van der Waals surface area contributed by atoms with Gasteiger partial charge < -0.3 is 5.73 Å². The maximum Gasteiger partial charge on any atom is 0.0185 e. The first-order valence-electron chi connectivity index (χ1n) is 7.46. The number of rotatable bonds is 3. The summed E-state index contributed by atoms with van der Waals surface area (Å²) in [5, 5.41) is 0. The first-order chi connectivity index (χ1) is 7.68. The van der Waals surface area contributed by atoms with Crippen LogP contribution in [0, 0.1) is 17.8 Å². The Morgan fingerprint density at radius 3 is 2.06 bits per heavy atom. The van der Waals surface area contributed by atoms with E-state index in [2.05, 4.69) is 13.8 Å². The molecule has 0 radical (unpaired) electrons. The first kappa shape index (κ1) is 12.4. The normalized spacial score (nSPS) is 44.8. The lowest BCUT2D eigenvalue weighted by Crippen LogP contribution is -2.46. The van der Waals surface area contributed by atoms with Crippen LogP contribution in [0.4, 0.5) is 0 Å². The minimum Gasteiger partial charge on any atom is -0.325 e. The molecule has 0 spiro atoms. The van der Waals surface area contributed by atoms with Crippen LogP contribution in [0.25, 0.3) is 0 Å². The summed E-state index contributed by atoms with van der Waals surface area (Å²) in [4.78, 5) is 0. The van der Waals surface area contributed by atoms with Gasteiger partial charge in [0.2, 0.25) is 0 Å². The highest BCUT2D eigenvalue weighted by Crippen LogP contribution is 2.45. The molecule has 94 valence electrons. The Hall–Kier alpha value is -0.0400. The van der Waals surface area contributed by atoms with Gasteiger partial charge >= 0.3 is 0 Å². The fourth-order valence-corrected chi connectivity index (χ4v) is 4.08. The zero-order valence-electron chi connectivity index (χ0n) is 11.2. The smallest absolute Gasteiger partial charge is 0.0185 e. The molecule has 2 fully saturated rings. The summed E-state index contributed by atoms with van der Waals surface area (Å²) in [7, 11) is 0. The van der Waals surface area contributed by atoms with E-state index in [9.17, 15) is 0 Å². The third-order valence-corrected chi connectivity index (χ3v) is 5.50. The van der Waals surface area contributed by atoms with Crippen LogP contribution in [-0.4, -0.2) is 5.54 Å². The highest BCUT2D eigenvalue weighted by Gasteiger charge is 2.42. The molecular formula is C15H29N. The Balaban J connectivity index is 1.88. The van der Waals surface area contributed by atoms with E-state index in [4.69, 9.17) is 5.73 Å². The molecule has 2 atom stereocenters. The van der Waals surface area contributed by atoms with Crippen molar-refractivity contribution in [3.63, 3.8) is 0 Å². The molecule has 0 aliphatic heterocycles. The van der Waals surface area contributed by atoms with E-state index in [1.807, 2.05) is 0 Å². The zero-order valence-corrected chi connectivity index (χ0v) is 11.2. The molecule has 2 unspecified atom stereocenters. The molecule has 1 heteroatoms. The predicted molar refractivity (Wildman–Crippen MR) is 70.3 cm³/mol. The van der Waals surface area contributed by atoms with E-state index in [1.165, 1.54) is 57.8 Å². The summed E-state index contributed by atoms with van der Waals surface area (Å²) in [5.74, 6) is 2.77. The van der Waals surface area contributed by atoms with E-state index in [-0.39, 0.29) is 5.54 Å². The van der Waals surface area contributed by atoms with E-state index in [0.717, 1.165) is 17.8 Å². The highest BCUT2D eigenvalue weighted by molar-refractivity contribution is 4.99. The van der Waals surface area contributed by atoms with Gasteiger partial charge in [0.25, 0.3) is 0 Å². The van der Waals surface area contributed by atoms with E-state index >= 15 is 0 Å². The fraction of sp³-hybridized carbons (Fsp3) is 1.00. The van der Waals surface area contributed by atoms with Gasteiger partial charge in [0, 0.05) is 5.54 Å². The van der Waals surface area contributed by atoms with Gasteiger partial charge in [-0.05, 0) is 49.9 Å². The highest BCUT2D eigenvalue weighted by atomic mass is 14.8. The molecule has 1 nitrogen and oxygen atoms in total. The summed E-state index contributed by atoms with van der Waals surface area (Å²) in [6, 6.07) is 0. The van der Waals surface area contributed by atoms with Crippen molar-refractivity contribution in [2.45, 2.75) is 77.2 Å². The maximum absolute atomic E-state index is 6.69. The van der Waals surface area contributed by atoms with Crippen LogP contribution in [0.15, 0.2) is 0 Å². The van der Waals surface area contributed by atoms with Gasteiger partial charge in [-0.1, -0.05) is 39.5 Å². The summed E-state index contributed by atoms with van der Waals surface area (Å²) in [6.45, 7) is 4.66. The van der Waals surface area contributed by atoms with Crippen LogP contribution >= 0.6 is 0 Å². The SMILES string of the molecule is CCC1CCC(C2(N)CCC(CC)C2)CC1. The van der Waals surface area contributed by atoms with Gasteiger partial charge in [-0.15, -0.1) is 0 Å². The van der Waals surface area contributed by atoms with Crippen molar-refractivity contribution in [3.05, 3.63) is 0 Å². The molecule has 0 aromatic carbocycles. The Morgan fingerprint density at radius 1 is 0.938 bits per heavy atom. The lowest BCUT2D eigenvalue weighted by Gasteiger charge is -2.39. The monoisotopic (exact) mass is 223 g/mol. The Labute approximate surface area is 101 Å². The van der Waals surface area contributed by atoms with Crippen LogP contribution in [0.5, 0.6) is 0 Å². The van der Waals surface area contributed by atoms with Crippen molar-refractivity contribution >= 4 is 0 Å². The van der Waals surface area contributed by atoms with Gasteiger partial charge in [-0.3, -0.25) is 0 Å². The fourth-order valence-electron chi connectivity index (χ4n) is 4.08. The molecular weight excluding hydrogens is 194 g/mol. The van der Waals surface area contributed by atoms with Crippen LogP contribution in [-0.2, 0) is 0 Å². The van der Waals surface area contributed by atoms with Crippen molar-refractivity contribution in [1.29, 1.82) is 0 Å². The van der Waals surface area contributed by atoms with Crippen molar-refractivity contribution in [1.82, 2.24) is 0 Å². The minimum atomic E-state index is 0.222. The second kappa shape index (κ2) is 5.08. The molecule has 0 aromatic heterocycles. The average molecular weight is 223 g/mol. The topological polar surface area (TPSA) is 26.0 Å². The quantitative estimate of drug-likeness (QED) is 0.765. The molecule has 16 heavy (non-hydrogen) atoms. The average Bonchev–Trinajstić information content (AvgIpc) is 2.73. The standard InChI is InChI=1S/C15H29N/c1-3-12-5-7-14(8-6-12)15(16)10-9-13(4-2)11-15/h12-14H,3-11,16H2,1-2H3. The molecule has 2 rings (SSSR count). The zero-order chi connectivity index (χ0) is 11.6. The largest absolute Gasteiger partial charge is 0.325 e. The van der Waals surface area contributed by atoms with Gasteiger partial charge in [-0.25, -0.2) is 0 Å². The number of hydrogen-bond donors (Lipinski definition) is 1. The van der Waals surface area contributed by atoms with E-state index in [1.54, 1.807) is 0 Å². The van der Waals surface area contributed by atoms with E-state index < -0.39 is 0 Å². The lowest BCUT2D eigenvalue weighted by atomic mass is 9.70. The third kappa shape index (κ3) is 2.45. The number of hydrogen-bond acceptors (Lipinski definition) is 1. The summed E-state index contributed by atoms with van der Waals surface area (Å²) >= 11 is 0. The lowest BCUT2D eigenvalue weighted by molar-refractivity contribution is 0.169. The maximum atomic E-state index is 6.69. The van der Waals surface area contributed by atoms with Crippen LogP contribution in [0.3, 0.4) is 0 Å².